The van der Waals surface area contributed by atoms with E-state index in [1.54, 1.807) is 29.0 Å². The van der Waals surface area contributed by atoms with Gasteiger partial charge in [0.2, 0.25) is 5.88 Å². The first-order chi connectivity index (χ1) is 17.7. The molecule has 0 aromatic carbocycles. The highest BCUT2D eigenvalue weighted by Crippen LogP contribution is 2.44. The number of ether oxygens (including phenoxy) is 2. The SMILES string of the molecule is CC(C)(F)COc1ccc2c(C(=O)N[C@H]3CC[C@H](Oc4ncccc4C(N)=O)CC3)cnn2c1C1CC1. The van der Waals surface area contributed by atoms with Gasteiger partial charge >= 0.3 is 0 Å². The van der Waals surface area contributed by atoms with Gasteiger partial charge in [0.15, 0.2) is 0 Å². The van der Waals surface area contributed by atoms with Crippen LogP contribution >= 0.6 is 0 Å². The van der Waals surface area contributed by atoms with Crippen molar-refractivity contribution in [1.82, 2.24) is 19.9 Å². The summed E-state index contributed by atoms with van der Waals surface area (Å²) >= 11 is 0. The van der Waals surface area contributed by atoms with Gasteiger partial charge in [-0.3, -0.25) is 9.59 Å². The largest absolute Gasteiger partial charge is 0.488 e. The number of nitrogens with zero attached hydrogens (tertiary/aromatic N) is 3. The summed E-state index contributed by atoms with van der Waals surface area (Å²) in [6, 6.07) is 6.86. The first kappa shape index (κ1) is 25.0. The molecular weight excluding hydrogens is 477 g/mol. The fourth-order valence-corrected chi connectivity index (χ4v) is 4.75. The molecule has 196 valence electrons. The molecule has 0 unspecified atom stereocenters. The fraction of sp³-hybridized carbons (Fsp3) is 0.481. The molecule has 3 N–H and O–H groups in total. The Morgan fingerprint density at radius 2 is 1.89 bits per heavy atom. The number of aromatic nitrogens is 3. The number of primary amides is 1. The average Bonchev–Trinajstić information content (AvgIpc) is 3.61. The summed E-state index contributed by atoms with van der Waals surface area (Å²) in [5, 5.41) is 7.63. The van der Waals surface area contributed by atoms with Crippen molar-refractivity contribution >= 4 is 17.3 Å². The lowest BCUT2D eigenvalue weighted by atomic mass is 9.92. The van der Waals surface area contributed by atoms with E-state index in [2.05, 4.69) is 15.4 Å². The van der Waals surface area contributed by atoms with Crippen molar-refractivity contribution in [2.24, 2.45) is 5.73 Å². The van der Waals surface area contributed by atoms with E-state index in [4.69, 9.17) is 15.2 Å². The zero-order chi connectivity index (χ0) is 26.2. The molecule has 0 spiro atoms. The summed E-state index contributed by atoms with van der Waals surface area (Å²) in [7, 11) is 0. The van der Waals surface area contributed by atoms with Crippen LogP contribution < -0.4 is 20.5 Å². The van der Waals surface area contributed by atoms with Crippen LogP contribution in [0.3, 0.4) is 0 Å². The Morgan fingerprint density at radius 1 is 1.14 bits per heavy atom. The van der Waals surface area contributed by atoms with Gasteiger partial charge in [-0.15, -0.1) is 0 Å². The van der Waals surface area contributed by atoms with Crippen LogP contribution in [0, 0.1) is 0 Å². The Morgan fingerprint density at radius 3 is 2.57 bits per heavy atom. The van der Waals surface area contributed by atoms with Gasteiger partial charge in [-0.2, -0.15) is 5.10 Å². The summed E-state index contributed by atoms with van der Waals surface area (Å²) in [5.74, 6) is 0.398. The minimum absolute atomic E-state index is 0.000983. The van der Waals surface area contributed by atoms with E-state index < -0.39 is 11.6 Å². The molecule has 5 rings (SSSR count). The van der Waals surface area contributed by atoms with Gasteiger partial charge in [0.05, 0.1) is 23.0 Å². The highest BCUT2D eigenvalue weighted by Gasteiger charge is 2.32. The third kappa shape index (κ3) is 5.68. The van der Waals surface area contributed by atoms with Crippen LogP contribution in [0.2, 0.25) is 0 Å². The Kier molecular flexibility index (Phi) is 6.74. The van der Waals surface area contributed by atoms with Crippen molar-refractivity contribution in [2.45, 2.75) is 76.1 Å². The number of nitrogens with one attached hydrogen (secondary N) is 1. The normalized spacial score (nSPS) is 20.0. The molecule has 2 aliphatic carbocycles. The quantitative estimate of drug-likeness (QED) is 0.451. The van der Waals surface area contributed by atoms with Crippen molar-refractivity contribution in [1.29, 1.82) is 0 Å². The zero-order valence-electron chi connectivity index (χ0n) is 21.1. The second kappa shape index (κ2) is 9.99. The van der Waals surface area contributed by atoms with Crippen LogP contribution in [0.1, 0.15) is 84.7 Å². The molecule has 0 atom stereocenters. The Balaban J connectivity index is 1.23. The predicted octanol–water partition coefficient (Wildman–Crippen LogP) is 3.95. The number of pyridine rings is 2. The van der Waals surface area contributed by atoms with E-state index in [0.717, 1.165) is 31.4 Å². The summed E-state index contributed by atoms with van der Waals surface area (Å²) in [5.41, 5.74) is 6.33. The molecule has 0 saturated heterocycles. The maximum absolute atomic E-state index is 14.0. The van der Waals surface area contributed by atoms with E-state index in [9.17, 15) is 14.0 Å². The van der Waals surface area contributed by atoms with Crippen LogP contribution in [-0.2, 0) is 0 Å². The molecule has 0 bridgehead atoms. The van der Waals surface area contributed by atoms with Gasteiger partial charge in [-0.1, -0.05) is 0 Å². The van der Waals surface area contributed by atoms with Gasteiger partial charge in [-0.05, 0) is 76.6 Å². The summed E-state index contributed by atoms with van der Waals surface area (Å²) in [6.07, 6.45) is 7.97. The number of amides is 2. The number of alkyl halides is 1. The second-order valence-corrected chi connectivity index (χ2v) is 10.5. The molecule has 2 fully saturated rings. The minimum Gasteiger partial charge on any atom is -0.488 e. The fourth-order valence-electron chi connectivity index (χ4n) is 4.75. The molecule has 3 aromatic heterocycles. The molecule has 2 saturated carbocycles. The van der Waals surface area contributed by atoms with E-state index in [1.807, 2.05) is 12.1 Å². The van der Waals surface area contributed by atoms with E-state index in [-0.39, 0.29) is 36.1 Å². The first-order valence-corrected chi connectivity index (χ1v) is 12.7. The summed E-state index contributed by atoms with van der Waals surface area (Å²) in [6.45, 7) is 2.91. The van der Waals surface area contributed by atoms with Crippen molar-refractivity contribution in [2.75, 3.05) is 6.61 Å². The number of hydrogen-bond donors (Lipinski definition) is 2. The minimum atomic E-state index is -1.45. The van der Waals surface area contributed by atoms with Crippen molar-refractivity contribution in [3.63, 3.8) is 0 Å². The maximum atomic E-state index is 14.0. The zero-order valence-corrected chi connectivity index (χ0v) is 21.1. The number of rotatable bonds is 9. The lowest BCUT2D eigenvalue weighted by molar-refractivity contribution is 0.0882. The summed E-state index contributed by atoms with van der Waals surface area (Å²) in [4.78, 5) is 29.0. The molecule has 3 heterocycles. The topological polar surface area (TPSA) is 121 Å². The van der Waals surface area contributed by atoms with Gasteiger partial charge in [-0.25, -0.2) is 13.9 Å². The van der Waals surface area contributed by atoms with Gasteiger partial charge in [0.1, 0.15) is 29.7 Å². The van der Waals surface area contributed by atoms with Gasteiger partial charge in [0.25, 0.3) is 11.8 Å². The maximum Gasteiger partial charge on any atom is 0.255 e. The Bertz CT molecular complexity index is 1310. The highest BCUT2D eigenvalue weighted by atomic mass is 19.1. The van der Waals surface area contributed by atoms with E-state index in [1.165, 1.54) is 13.8 Å². The van der Waals surface area contributed by atoms with Crippen LogP contribution in [0.4, 0.5) is 4.39 Å². The Hall–Kier alpha value is -3.69. The van der Waals surface area contributed by atoms with Crippen LogP contribution in [-0.4, -0.2) is 50.8 Å². The van der Waals surface area contributed by atoms with Crippen molar-refractivity contribution in [3.8, 4) is 11.6 Å². The molecule has 2 aliphatic rings. The third-order valence-electron chi connectivity index (χ3n) is 6.78. The van der Waals surface area contributed by atoms with Crippen LogP contribution in [0.15, 0.2) is 36.7 Å². The number of carbonyl (C=O) groups excluding carboxylic acids is 2. The second-order valence-electron chi connectivity index (χ2n) is 10.5. The van der Waals surface area contributed by atoms with Crippen LogP contribution in [0.25, 0.3) is 5.52 Å². The lowest BCUT2D eigenvalue weighted by Crippen LogP contribution is -2.39. The number of hydrogen-bond acceptors (Lipinski definition) is 6. The van der Waals surface area contributed by atoms with Crippen molar-refractivity contribution in [3.05, 3.63) is 53.5 Å². The number of nitrogens with two attached hydrogens (primary N) is 1. The molecule has 2 amide bonds. The van der Waals surface area contributed by atoms with Crippen molar-refractivity contribution < 1.29 is 23.5 Å². The molecule has 0 radical (unpaired) electrons. The monoisotopic (exact) mass is 509 g/mol. The van der Waals surface area contributed by atoms with Crippen LogP contribution in [0.5, 0.6) is 11.6 Å². The van der Waals surface area contributed by atoms with E-state index >= 15 is 0 Å². The lowest BCUT2D eigenvalue weighted by Gasteiger charge is -2.29. The molecule has 37 heavy (non-hydrogen) atoms. The average molecular weight is 510 g/mol. The smallest absolute Gasteiger partial charge is 0.255 e. The highest BCUT2D eigenvalue weighted by molar-refractivity contribution is 6.01. The number of halogens is 1. The number of carbonyl (C=O) groups is 2. The standard InChI is InChI=1S/C27H32FN5O4/c1-27(2,28)15-36-22-12-11-21-20(14-31-33(21)23(22)16-5-6-16)25(35)32-17-7-9-18(10-8-17)37-26-19(24(29)34)4-3-13-30-26/h3-4,11-14,16-18H,5-10,15H2,1-2H3,(H2,29,34)(H,32,35)/t17-,18-. The van der Waals surface area contributed by atoms with Gasteiger partial charge in [0, 0.05) is 18.2 Å². The molecule has 0 aliphatic heterocycles. The molecule has 3 aromatic rings. The number of fused-ring (bicyclic) bond motifs is 1. The molecular formula is C27H32FN5O4. The van der Waals surface area contributed by atoms with E-state index in [0.29, 0.717) is 35.6 Å². The third-order valence-corrected chi connectivity index (χ3v) is 6.78. The Labute approximate surface area is 214 Å². The predicted molar refractivity (Wildman–Crippen MR) is 135 cm³/mol. The molecule has 9 nitrogen and oxygen atoms in total. The van der Waals surface area contributed by atoms with Gasteiger partial charge < -0.3 is 20.5 Å². The molecule has 10 heteroatoms. The summed E-state index contributed by atoms with van der Waals surface area (Å²) < 4.78 is 27.5. The first-order valence-electron chi connectivity index (χ1n) is 12.7.